The number of nitrogens with one attached hydrogen (secondary N) is 3. The molecule has 0 saturated carbocycles. The van der Waals surface area contributed by atoms with Crippen LogP contribution in [0.4, 0.5) is 0 Å². The highest BCUT2D eigenvalue weighted by atomic mass is 15.4. The molecule has 25 heavy (non-hydrogen) atoms. The first-order valence-corrected chi connectivity index (χ1v) is 10.6. The maximum absolute atomic E-state index is 3.87. The zero-order valence-electron chi connectivity index (χ0n) is 19.2. The normalized spacial score (nSPS) is 14.2. The van der Waals surface area contributed by atoms with E-state index in [0.29, 0.717) is 0 Å². The number of rotatable bonds is 11. The van der Waals surface area contributed by atoms with Crippen molar-refractivity contribution in [3.05, 3.63) is 0 Å². The Kier molecular flexibility index (Phi) is 10.2. The molecule has 0 spiro atoms. The first-order valence-electron chi connectivity index (χ1n) is 10.6. The lowest BCUT2D eigenvalue weighted by molar-refractivity contribution is 0.0719. The minimum absolute atomic E-state index is 0.0393. The quantitative estimate of drug-likeness (QED) is 0.317. The monoisotopic (exact) mass is 355 g/mol. The van der Waals surface area contributed by atoms with Gasteiger partial charge in [-0.2, -0.15) is 0 Å². The summed E-state index contributed by atoms with van der Waals surface area (Å²) in [6.45, 7) is 22.5. The Hall–Kier alpha value is -0.120. The van der Waals surface area contributed by atoms with Gasteiger partial charge >= 0.3 is 0 Å². The van der Waals surface area contributed by atoms with Crippen LogP contribution in [0.3, 0.4) is 0 Å². The highest BCUT2D eigenvalue weighted by molar-refractivity contribution is 4.96. The summed E-state index contributed by atoms with van der Waals surface area (Å²) in [7, 11) is 0. The maximum atomic E-state index is 3.87. The first-order chi connectivity index (χ1) is 11.2. The minimum atomic E-state index is -0.252. The van der Waals surface area contributed by atoms with E-state index in [0.717, 1.165) is 6.42 Å². The highest BCUT2D eigenvalue weighted by Gasteiger charge is 2.38. The van der Waals surface area contributed by atoms with Gasteiger partial charge in [0, 0.05) is 16.6 Å². The topological polar surface area (TPSA) is 36.1 Å². The van der Waals surface area contributed by atoms with Gasteiger partial charge in [-0.05, 0) is 75.2 Å². The molecule has 0 heterocycles. The van der Waals surface area contributed by atoms with Crippen molar-refractivity contribution < 1.29 is 0 Å². The van der Waals surface area contributed by atoms with Gasteiger partial charge in [0.25, 0.3) is 0 Å². The van der Waals surface area contributed by atoms with Crippen molar-refractivity contribution in [1.29, 1.82) is 0 Å². The average molecular weight is 356 g/mol. The summed E-state index contributed by atoms with van der Waals surface area (Å²) in [6.07, 6.45) is 10.5. The van der Waals surface area contributed by atoms with Gasteiger partial charge in [-0.15, -0.1) is 0 Å². The zero-order chi connectivity index (χ0) is 19.8. The number of unbranched alkanes of at least 4 members (excludes halogenated alkanes) is 6. The lowest BCUT2D eigenvalue weighted by atomic mass is 9.96. The van der Waals surface area contributed by atoms with E-state index in [1.807, 2.05) is 0 Å². The van der Waals surface area contributed by atoms with E-state index in [1.54, 1.807) is 0 Å². The van der Waals surface area contributed by atoms with Gasteiger partial charge in [0.15, 0.2) is 0 Å². The van der Waals surface area contributed by atoms with Crippen molar-refractivity contribution in [3.63, 3.8) is 0 Å². The van der Waals surface area contributed by atoms with Crippen LogP contribution in [0, 0.1) is 0 Å². The van der Waals surface area contributed by atoms with Crippen LogP contribution in [-0.4, -0.2) is 22.4 Å². The Morgan fingerprint density at radius 3 is 1.12 bits per heavy atom. The van der Waals surface area contributed by atoms with Crippen molar-refractivity contribution in [2.75, 3.05) is 0 Å². The van der Waals surface area contributed by atoms with Crippen molar-refractivity contribution in [2.45, 2.75) is 143 Å². The van der Waals surface area contributed by atoms with Crippen LogP contribution >= 0.6 is 0 Å². The molecule has 3 N–H and O–H groups in total. The third-order valence-electron chi connectivity index (χ3n) is 3.92. The molecule has 3 heteroatoms. The second kappa shape index (κ2) is 10.3. The second-order valence-electron chi connectivity index (χ2n) is 10.9. The molecule has 0 aromatic carbocycles. The molecule has 0 atom stereocenters. The fourth-order valence-electron chi connectivity index (χ4n) is 3.55. The third kappa shape index (κ3) is 14.7. The van der Waals surface area contributed by atoms with Crippen LogP contribution in [0.1, 0.15) is 121 Å². The summed E-state index contributed by atoms with van der Waals surface area (Å²) in [4.78, 5) is 0. The lowest BCUT2D eigenvalue weighted by Crippen LogP contribution is -2.76. The highest BCUT2D eigenvalue weighted by Crippen LogP contribution is 2.22. The minimum Gasteiger partial charge on any atom is -0.282 e. The molecule has 0 aliphatic heterocycles. The molecule has 0 aliphatic carbocycles. The van der Waals surface area contributed by atoms with Crippen LogP contribution in [0.2, 0.25) is 0 Å². The molecule has 0 bridgehead atoms. The summed E-state index contributed by atoms with van der Waals surface area (Å²) in [5, 5.41) is 11.6. The third-order valence-corrected chi connectivity index (χ3v) is 3.92. The van der Waals surface area contributed by atoms with Crippen LogP contribution in [0.5, 0.6) is 0 Å². The van der Waals surface area contributed by atoms with Gasteiger partial charge in [-0.1, -0.05) is 45.4 Å². The van der Waals surface area contributed by atoms with Crippen molar-refractivity contribution in [1.82, 2.24) is 16.0 Å². The molecular formula is C22H49N3. The zero-order valence-corrected chi connectivity index (χ0v) is 19.2. The Balaban J connectivity index is 4.99. The Bertz CT molecular complexity index is 301. The van der Waals surface area contributed by atoms with Gasteiger partial charge < -0.3 is 0 Å². The fraction of sp³-hybridized carbons (Fsp3) is 1.00. The molecule has 3 nitrogen and oxygen atoms in total. The lowest BCUT2D eigenvalue weighted by Gasteiger charge is -2.49. The Labute approximate surface area is 159 Å². The number of hydrogen-bond donors (Lipinski definition) is 3. The smallest absolute Gasteiger partial charge is 0.124 e. The van der Waals surface area contributed by atoms with E-state index >= 15 is 0 Å². The van der Waals surface area contributed by atoms with Crippen molar-refractivity contribution in [2.24, 2.45) is 0 Å². The average Bonchev–Trinajstić information content (AvgIpc) is 2.31. The predicted octanol–water partition coefficient (Wildman–Crippen LogP) is 5.95. The van der Waals surface area contributed by atoms with Crippen LogP contribution in [0.25, 0.3) is 0 Å². The second-order valence-corrected chi connectivity index (χ2v) is 10.9. The summed E-state index contributed by atoms with van der Waals surface area (Å²) in [6, 6.07) is 0. The number of hydrogen-bond acceptors (Lipinski definition) is 3. The molecule has 0 aromatic rings. The largest absolute Gasteiger partial charge is 0.282 e. The fourth-order valence-corrected chi connectivity index (χ4v) is 3.55. The molecule has 0 saturated heterocycles. The SMILES string of the molecule is CCCCCCCCCC(NC(C)(C)C)(NC(C)(C)C)NC(C)(C)C. The van der Waals surface area contributed by atoms with Crippen LogP contribution in [0.15, 0.2) is 0 Å². The van der Waals surface area contributed by atoms with E-state index < -0.39 is 0 Å². The van der Waals surface area contributed by atoms with Gasteiger partial charge in [-0.25, -0.2) is 0 Å². The predicted molar refractivity (Wildman–Crippen MR) is 114 cm³/mol. The Morgan fingerprint density at radius 2 is 0.800 bits per heavy atom. The van der Waals surface area contributed by atoms with Gasteiger partial charge in [-0.3, -0.25) is 16.0 Å². The summed E-state index contributed by atoms with van der Waals surface area (Å²) < 4.78 is 0. The van der Waals surface area contributed by atoms with E-state index in [-0.39, 0.29) is 22.4 Å². The molecule has 0 amide bonds. The first kappa shape index (κ1) is 24.9. The van der Waals surface area contributed by atoms with E-state index in [9.17, 15) is 0 Å². The van der Waals surface area contributed by atoms with E-state index in [4.69, 9.17) is 0 Å². The maximum Gasteiger partial charge on any atom is 0.124 e. The van der Waals surface area contributed by atoms with Crippen LogP contribution in [-0.2, 0) is 0 Å². The molecule has 0 radical (unpaired) electrons. The van der Waals surface area contributed by atoms with E-state index in [2.05, 4.69) is 85.2 Å². The van der Waals surface area contributed by atoms with Crippen LogP contribution < -0.4 is 16.0 Å². The van der Waals surface area contributed by atoms with Crippen molar-refractivity contribution >= 4 is 0 Å². The van der Waals surface area contributed by atoms with Gasteiger partial charge in [0.2, 0.25) is 0 Å². The molecule has 0 unspecified atom stereocenters. The molecule has 0 aliphatic rings. The summed E-state index contributed by atoms with van der Waals surface area (Å²) >= 11 is 0. The molecular weight excluding hydrogens is 306 g/mol. The van der Waals surface area contributed by atoms with Gasteiger partial charge in [0.05, 0.1) is 0 Å². The molecule has 0 fully saturated rings. The molecule has 152 valence electrons. The molecule has 0 aromatic heterocycles. The summed E-state index contributed by atoms with van der Waals surface area (Å²) in [5.41, 5.74) is 0.118. The van der Waals surface area contributed by atoms with E-state index in [1.165, 1.54) is 44.9 Å². The summed E-state index contributed by atoms with van der Waals surface area (Å²) in [5.74, 6) is -0.252. The standard InChI is InChI=1S/C22H49N3/c1-11-12-13-14-15-16-17-18-22(23-19(2,3)4,24-20(5,6)7)25-21(8,9)10/h23-25H,11-18H2,1-10H3. The molecule has 0 rings (SSSR count). The Morgan fingerprint density at radius 1 is 0.480 bits per heavy atom. The van der Waals surface area contributed by atoms with Crippen molar-refractivity contribution in [3.8, 4) is 0 Å². The van der Waals surface area contributed by atoms with Gasteiger partial charge in [0.1, 0.15) is 5.79 Å².